The van der Waals surface area contributed by atoms with Crippen LogP contribution in [0.1, 0.15) is 39.7 Å². The molecule has 0 spiro atoms. The van der Waals surface area contributed by atoms with Crippen LogP contribution in [0.2, 0.25) is 0 Å². The summed E-state index contributed by atoms with van der Waals surface area (Å²) in [7, 11) is 0. The van der Waals surface area contributed by atoms with E-state index in [0.29, 0.717) is 29.6 Å². The lowest BCUT2D eigenvalue weighted by Gasteiger charge is -2.29. The summed E-state index contributed by atoms with van der Waals surface area (Å²) in [4.78, 5) is 16.4. The Morgan fingerprint density at radius 1 is 1.30 bits per heavy atom. The zero-order valence-electron chi connectivity index (χ0n) is 15.8. The summed E-state index contributed by atoms with van der Waals surface area (Å²) >= 11 is 1.44. The van der Waals surface area contributed by atoms with Gasteiger partial charge in [-0.05, 0) is 24.3 Å². The van der Waals surface area contributed by atoms with E-state index in [1.54, 1.807) is 0 Å². The largest absolute Gasteiger partial charge is 0.418 e. The van der Waals surface area contributed by atoms with Crippen molar-refractivity contribution in [3.8, 4) is 0 Å². The Kier molecular flexibility index (Phi) is 6.77. The number of halogens is 3. The molecule has 1 heterocycles. The molecule has 1 saturated heterocycles. The van der Waals surface area contributed by atoms with Crippen LogP contribution in [0.5, 0.6) is 0 Å². The number of amidine groups is 1. The molecule has 0 bridgehead atoms. The van der Waals surface area contributed by atoms with Gasteiger partial charge in [0.2, 0.25) is 0 Å². The number of thioether (sulfide) groups is 1. The van der Waals surface area contributed by atoms with Crippen molar-refractivity contribution in [2.24, 2.45) is 16.8 Å². The first-order valence-electron chi connectivity index (χ1n) is 8.82. The van der Waals surface area contributed by atoms with Crippen molar-refractivity contribution < 1.29 is 18.1 Å². The summed E-state index contributed by atoms with van der Waals surface area (Å²) in [6, 6.07) is 2.92. The predicted octanol–water partition coefficient (Wildman–Crippen LogP) is 5.72. The zero-order valence-corrected chi connectivity index (χ0v) is 16.6. The Labute approximate surface area is 161 Å². The molecule has 27 heavy (non-hydrogen) atoms. The second-order valence-corrected chi connectivity index (χ2v) is 8.48. The van der Waals surface area contributed by atoms with Gasteiger partial charge >= 0.3 is 6.18 Å². The molecule has 1 fully saturated rings. The Hall–Kier alpha value is -1.77. The number of aliphatic imine (C=N–C) groups is 1. The van der Waals surface area contributed by atoms with Crippen molar-refractivity contribution in [3.05, 3.63) is 33.9 Å². The third kappa shape index (κ3) is 5.60. The molecule has 0 aromatic heterocycles. The molecule has 0 aliphatic carbocycles. The molecule has 0 radical (unpaired) electrons. The Morgan fingerprint density at radius 2 is 1.96 bits per heavy atom. The molecule has 1 aromatic rings. The molecule has 0 amide bonds. The van der Waals surface area contributed by atoms with E-state index in [1.807, 2.05) is 0 Å². The molecule has 0 N–H and O–H groups in total. The van der Waals surface area contributed by atoms with E-state index in [-0.39, 0.29) is 11.7 Å². The summed E-state index contributed by atoms with van der Waals surface area (Å²) in [5, 5.41) is 11.4. The lowest BCUT2D eigenvalue weighted by atomic mass is 10.0. The Morgan fingerprint density at radius 3 is 2.48 bits per heavy atom. The normalized spacial score (nSPS) is 19.5. The van der Waals surface area contributed by atoms with Crippen molar-refractivity contribution in [2.75, 3.05) is 12.3 Å². The van der Waals surface area contributed by atoms with Gasteiger partial charge in [-0.3, -0.25) is 10.1 Å². The highest BCUT2D eigenvalue weighted by molar-refractivity contribution is 8.14. The molecule has 2 rings (SSSR count). The maximum absolute atomic E-state index is 13.4. The molecule has 5 nitrogen and oxygen atoms in total. The molecule has 1 aromatic carbocycles. The van der Waals surface area contributed by atoms with E-state index in [0.717, 1.165) is 24.3 Å². The smallest absolute Gasteiger partial charge is 0.347 e. The van der Waals surface area contributed by atoms with Gasteiger partial charge in [0.05, 0.1) is 16.2 Å². The minimum Gasteiger partial charge on any atom is -0.347 e. The first-order chi connectivity index (χ1) is 12.5. The predicted molar refractivity (Wildman–Crippen MR) is 102 cm³/mol. The van der Waals surface area contributed by atoms with Crippen LogP contribution in [-0.2, 0) is 6.18 Å². The van der Waals surface area contributed by atoms with E-state index < -0.39 is 22.4 Å². The van der Waals surface area contributed by atoms with Crippen molar-refractivity contribution in [2.45, 2.75) is 46.3 Å². The van der Waals surface area contributed by atoms with Crippen molar-refractivity contribution in [3.63, 3.8) is 0 Å². The third-order valence-electron chi connectivity index (χ3n) is 4.11. The van der Waals surface area contributed by atoms with Crippen LogP contribution in [0.15, 0.2) is 23.2 Å². The third-order valence-corrected chi connectivity index (χ3v) is 5.24. The number of nitro groups is 1. The van der Waals surface area contributed by atoms with Gasteiger partial charge in [0, 0.05) is 30.5 Å². The zero-order chi connectivity index (χ0) is 20.4. The number of rotatable bonds is 6. The second kappa shape index (κ2) is 8.50. The number of nitro benzene ring substituents is 1. The Bertz CT molecular complexity index is 720. The fraction of sp³-hybridized carbons (Fsp3) is 0.611. The van der Waals surface area contributed by atoms with Gasteiger partial charge in [0.15, 0.2) is 5.17 Å². The summed E-state index contributed by atoms with van der Waals surface area (Å²) in [5.74, 6) is 1.58. The van der Waals surface area contributed by atoms with Gasteiger partial charge in [-0.25, -0.2) is 4.99 Å². The van der Waals surface area contributed by atoms with Crippen LogP contribution in [-0.4, -0.2) is 33.3 Å². The molecule has 0 saturated carbocycles. The Balaban J connectivity index is 2.44. The minimum absolute atomic E-state index is 0.225. The molecule has 9 heteroatoms. The molecule has 1 aliphatic rings. The van der Waals surface area contributed by atoms with Crippen LogP contribution < -0.4 is 0 Å². The SMILES string of the molecule is CC(C)CC1CSC(=Nc2ccc([N+](=O)[O-])cc2C(F)(F)F)N1CC(C)C. The molecule has 1 atom stereocenters. The van der Waals surface area contributed by atoms with Gasteiger partial charge in [0.1, 0.15) is 0 Å². The number of hydrogen-bond donors (Lipinski definition) is 0. The highest BCUT2D eigenvalue weighted by atomic mass is 32.2. The fourth-order valence-electron chi connectivity index (χ4n) is 3.02. The summed E-state index contributed by atoms with van der Waals surface area (Å²) in [5.41, 5.74) is -1.96. The fourth-order valence-corrected chi connectivity index (χ4v) is 4.23. The van der Waals surface area contributed by atoms with Gasteiger partial charge in [-0.1, -0.05) is 39.5 Å². The maximum atomic E-state index is 13.4. The number of alkyl halides is 3. The van der Waals surface area contributed by atoms with Gasteiger partial charge in [0.25, 0.3) is 5.69 Å². The number of non-ortho nitro benzene ring substituents is 1. The first kappa shape index (κ1) is 21.5. The minimum atomic E-state index is -4.71. The van der Waals surface area contributed by atoms with E-state index in [1.165, 1.54) is 11.8 Å². The number of hydrogen-bond acceptors (Lipinski definition) is 4. The van der Waals surface area contributed by atoms with Crippen LogP contribution in [0, 0.1) is 22.0 Å². The molecular weight excluding hydrogens is 379 g/mol. The maximum Gasteiger partial charge on any atom is 0.418 e. The van der Waals surface area contributed by atoms with E-state index in [4.69, 9.17) is 0 Å². The van der Waals surface area contributed by atoms with E-state index >= 15 is 0 Å². The standard InChI is InChI=1S/C18H24F3N3O2S/c1-11(2)7-14-10-27-17(23(14)9-12(3)4)22-16-6-5-13(24(25)26)8-15(16)18(19,20)21/h5-6,8,11-12,14H,7,9-10H2,1-4H3. The topological polar surface area (TPSA) is 58.7 Å². The summed E-state index contributed by atoms with van der Waals surface area (Å²) in [6.45, 7) is 9.05. The van der Waals surface area contributed by atoms with Crippen molar-refractivity contribution >= 4 is 28.3 Å². The first-order valence-corrected chi connectivity index (χ1v) is 9.81. The lowest BCUT2D eigenvalue weighted by molar-refractivity contribution is -0.385. The van der Waals surface area contributed by atoms with Crippen molar-refractivity contribution in [1.82, 2.24) is 4.90 Å². The number of nitrogens with zero attached hydrogens (tertiary/aromatic N) is 3. The molecule has 1 aliphatic heterocycles. The second-order valence-electron chi connectivity index (χ2n) is 7.49. The molecule has 1 unspecified atom stereocenters. The quantitative estimate of drug-likeness (QED) is 0.450. The average molecular weight is 403 g/mol. The van der Waals surface area contributed by atoms with Crippen LogP contribution in [0.4, 0.5) is 24.5 Å². The highest BCUT2D eigenvalue weighted by Crippen LogP contribution is 2.40. The van der Waals surface area contributed by atoms with Crippen LogP contribution in [0.25, 0.3) is 0 Å². The van der Waals surface area contributed by atoms with Gasteiger partial charge in [-0.2, -0.15) is 13.2 Å². The monoisotopic (exact) mass is 403 g/mol. The lowest BCUT2D eigenvalue weighted by Crippen LogP contribution is -2.37. The van der Waals surface area contributed by atoms with E-state index in [9.17, 15) is 23.3 Å². The summed E-state index contributed by atoms with van der Waals surface area (Å²) < 4.78 is 40.2. The summed E-state index contributed by atoms with van der Waals surface area (Å²) in [6.07, 6.45) is -3.78. The van der Waals surface area contributed by atoms with Crippen LogP contribution >= 0.6 is 11.8 Å². The van der Waals surface area contributed by atoms with E-state index in [2.05, 4.69) is 37.6 Å². The van der Waals surface area contributed by atoms with Gasteiger partial charge < -0.3 is 4.90 Å². The van der Waals surface area contributed by atoms with Gasteiger partial charge in [-0.15, -0.1) is 0 Å². The van der Waals surface area contributed by atoms with Crippen LogP contribution in [0.3, 0.4) is 0 Å². The highest BCUT2D eigenvalue weighted by Gasteiger charge is 2.37. The molecule has 150 valence electrons. The average Bonchev–Trinajstić information content (AvgIpc) is 2.87. The van der Waals surface area contributed by atoms with Crippen molar-refractivity contribution in [1.29, 1.82) is 0 Å². The number of benzene rings is 1. The molecular formula is C18H24F3N3O2S.